The topological polar surface area (TPSA) is 50.2 Å². The second-order valence-electron chi connectivity index (χ2n) is 3.06. The van der Waals surface area contributed by atoms with E-state index in [1.807, 2.05) is 0 Å². The highest BCUT2D eigenvalue weighted by Gasteiger charge is 2.29. The van der Waals surface area contributed by atoms with Gasteiger partial charge >= 0.3 is 5.97 Å². The Labute approximate surface area is 87.9 Å². The van der Waals surface area contributed by atoms with Crippen molar-refractivity contribution in [3.05, 3.63) is 14.5 Å². The molecule has 0 saturated heterocycles. The van der Waals surface area contributed by atoms with Gasteiger partial charge in [-0.1, -0.05) is 0 Å². The minimum absolute atomic E-state index is 0.326. The Hall–Kier alpha value is -0.420. The number of fused-ring (bicyclic) bond motifs is 1. The SMILES string of the molecule is O=C(O)[C@H]1CCCc2nc(Br)sc21. The number of carboxylic acids is 1. The zero-order valence-electron chi connectivity index (χ0n) is 6.79. The van der Waals surface area contributed by atoms with Crippen LogP contribution in [0, 0.1) is 0 Å². The lowest BCUT2D eigenvalue weighted by molar-refractivity contribution is -0.139. The summed E-state index contributed by atoms with van der Waals surface area (Å²) in [6.45, 7) is 0. The fourth-order valence-corrected chi connectivity index (χ4v) is 3.33. The molecule has 2 rings (SSSR count). The maximum atomic E-state index is 10.9. The molecule has 0 aromatic carbocycles. The maximum absolute atomic E-state index is 10.9. The number of carbonyl (C=O) groups is 1. The highest BCUT2D eigenvalue weighted by Crippen LogP contribution is 2.37. The van der Waals surface area contributed by atoms with E-state index in [-0.39, 0.29) is 5.92 Å². The predicted molar refractivity (Wildman–Crippen MR) is 53.1 cm³/mol. The lowest BCUT2D eigenvalue weighted by Crippen LogP contribution is -2.16. The van der Waals surface area contributed by atoms with E-state index >= 15 is 0 Å². The van der Waals surface area contributed by atoms with Crippen LogP contribution < -0.4 is 0 Å². The van der Waals surface area contributed by atoms with E-state index in [1.165, 1.54) is 11.3 Å². The maximum Gasteiger partial charge on any atom is 0.311 e. The molecular weight excluding hydrogens is 254 g/mol. The van der Waals surface area contributed by atoms with Crippen molar-refractivity contribution in [3.63, 3.8) is 0 Å². The molecule has 0 spiro atoms. The van der Waals surface area contributed by atoms with E-state index < -0.39 is 5.97 Å². The van der Waals surface area contributed by atoms with Gasteiger partial charge in [-0.3, -0.25) is 4.79 Å². The molecule has 0 bridgehead atoms. The zero-order valence-corrected chi connectivity index (χ0v) is 9.19. The monoisotopic (exact) mass is 261 g/mol. The third kappa shape index (κ3) is 1.62. The smallest absolute Gasteiger partial charge is 0.311 e. The minimum Gasteiger partial charge on any atom is -0.481 e. The third-order valence-corrected chi connectivity index (χ3v) is 3.89. The minimum atomic E-state index is -0.725. The number of carboxylic acid groups (broad SMARTS) is 1. The van der Waals surface area contributed by atoms with E-state index in [2.05, 4.69) is 20.9 Å². The molecule has 13 heavy (non-hydrogen) atoms. The zero-order chi connectivity index (χ0) is 9.42. The van der Waals surface area contributed by atoms with Gasteiger partial charge < -0.3 is 5.11 Å². The quantitative estimate of drug-likeness (QED) is 0.845. The fraction of sp³-hybridized carbons (Fsp3) is 0.500. The van der Waals surface area contributed by atoms with Gasteiger partial charge in [-0.15, -0.1) is 11.3 Å². The number of halogens is 1. The summed E-state index contributed by atoms with van der Waals surface area (Å²) in [6, 6.07) is 0. The molecule has 1 aromatic heterocycles. The summed E-state index contributed by atoms with van der Waals surface area (Å²) in [4.78, 5) is 16.1. The summed E-state index contributed by atoms with van der Waals surface area (Å²) in [5, 5.41) is 8.96. The number of aliphatic carboxylic acids is 1. The van der Waals surface area contributed by atoms with Gasteiger partial charge in [0.25, 0.3) is 0 Å². The Kier molecular flexibility index (Phi) is 2.38. The van der Waals surface area contributed by atoms with Gasteiger partial charge in [0.1, 0.15) is 0 Å². The Morgan fingerprint density at radius 2 is 2.46 bits per heavy atom. The summed E-state index contributed by atoms with van der Waals surface area (Å²) < 4.78 is 0.797. The molecule has 0 saturated carbocycles. The highest BCUT2D eigenvalue weighted by atomic mass is 79.9. The molecule has 1 aliphatic carbocycles. The first kappa shape index (κ1) is 9.15. The number of aromatic nitrogens is 1. The second-order valence-corrected chi connectivity index (χ2v) is 5.37. The number of hydrogen-bond donors (Lipinski definition) is 1. The average Bonchev–Trinajstić information content (AvgIpc) is 2.43. The molecule has 0 amide bonds. The van der Waals surface area contributed by atoms with Crippen molar-refractivity contribution in [2.24, 2.45) is 0 Å². The van der Waals surface area contributed by atoms with Crippen molar-refractivity contribution in [2.75, 3.05) is 0 Å². The highest BCUT2D eigenvalue weighted by molar-refractivity contribution is 9.11. The van der Waals surface area contributed by atoms with E-state index in [9.17, 15) is 4.79 Å². The van der Waals surface area contributed by atoms with Gasteiger partial charge in [0.15, 0.2) is 3.92 Å². The van der Waals surface area contributed by atoms with Crippen molar-refractivity contribution in [3.8, 4) is 0 Å². The van der Waals surface area contributed by atoms with Crippen molar-refractivity contribution >= 4 is 33.2 Å². The molecule has 70 valence electrons. The molecule has 0 unspecified atom stereocenters. The van der Waals surface area contributed by atoms with Gasteiger partial charge in [0.2, 0.25) is 0 Å². The van der Waals surface area contributed by atoms with Crippen molar-refractivity contribution < 1.29 is 9.90 Å². The van der Waals surface area contributed by atoms with Crippen LogP contribution in [0.3, 0.4) is 0 Å². The van der Waals surface area contributed by atoms with Crippen LogP contribution in [-0.2, 0) is 11.2 Å². The molecule has 1 heterocycles. The largest absolute Gasteiger partial charge is 0.481 e. The molecule has 1 atom stereocenters. The number of thiazole rings is 1. The third-order valence-electron chi connectivity index (χ3n) is 2.22. The van der Waals surface area contributed by atoms with Crippen molar-refractivity contribution in [2.45, 2.75) is 25.2 Å². The van der Waals surface area contributed by atoms with Crippen LogP contribution in [0.15, 0.2) is 3.92 Å². The van der Waals surface area contributed by atoms with E-state index in [1.54, 1.807) is 0 Å². The molecule has 5 heteroatoms. The summed E-state index contributed by atoms with van der Waals surface area (Å²) in [7, 11) is 0. The molecule has 1 aromatic rings. The molecule has 0 radical (unpaired) electrons. The van der Waals surface area contributed by atoms with Crippen molar-refractivity contribution in [1.82, 2.24) is 4.98 Å². The van der Waals surface area contributed by atoms with Crippen LogP contribution in [0.4, 0.5) is 0 Å². The van der Waals surface area contributed by atoms with Crippen LogP contribution in [-0.4, -0.2) is 16.1 Å². The van der Waals surface area contributed by atoms with Crippen LogP contribution in [0.25, 0.3) is 0 Å². The van der Waals surface area contributed by atoms with Crippen LogP contribution >= 0.6 is 27.3 Å². The first-order valence-corrected chi connectivity index (χ1v) is 5.67. The summed E-state index contributed by atoms with van der Waals surface area (Å²) in [6.07, 6.45) is 2.60. The molecule has 0 aliphatic heterocycles. The molecular formula is C8H8BrNO2S. The van der Waals surface area contributed by atoms with Crippen LogP contribution in [0.5, 0.6) is 0 Å². The first-order valence-electron chi connectivity index (χ1n) is 4.06. The van der Waals surface area contributed by atoms with Gasteiger partial charge in [-0.05, 0) is 35.2 Å². The Morgan fingerprint density at radius 3 is 3.15 bits per heavy atom. The number of aryl methyl sites for hydroxylation is 1. The Balaban J connectivity index is 2.41. The van der Waals surface area contributed by atoms with E-state index in [4.69, 9.17) is 5.11 Å². The number of rotatable bonds is 1. The molecule has 3 nitrogen and oxygen atoms in total. The van der Waals surface area contributed by atoms with Gasteiger partial charge in [0, 0.05) is 4.88 Å². The van der Waals surface area contributed by atoms with E-state index in [0.717, 1.165) is 33.8 Å². The molecule has 1 aliphatic rings. The molecule has 0 fully saturated rings. The second kappa shape index (κ2) is 3.38. The van der Waals surface area contributed by atoms with E-state index in [0.29, 0.717) is 0 Å². The first-order chi connectivity index (χ1) is 6.18. The van der Waals surface area contributed by atoms with Crippen LogP contribution in [0.2, 0.25) is 0 Å². The lowest BCUT2D eigenvalue weighted by Gasteiger charge is -2.16. The van der Waals surface area contributed by atoms with Crippen molar-refractivity contribution in [1.29, 1.82) is 0 Å². The Bertz CT molecular complexity index is 350. The van der Waals surface area contributed by atoms with Gasteiger partial charge in [-0.2, -0.15) is 0 Å². The molecule has 1 N–H and O–H groups in total. The Morgan fingerprint density at radius 1 is 1.69 bits per heavy atom. The predicted octanol–water partition coefficient (Wildman–Crippen LogP) is 2.41. The summed E-state index contributed by atoms with van der Waals surface area (Å²) in [5.41, 5.74) is 0.968. The summed E-state index contributed by atoms with van der Waals surface area (Å²) >= 11 is 4.73. The number of nitrogens with zero attached hydrogens (tertiary/aromatic N) is 1. The average molecular weight is 262 g/mol. The normalized spacial score (nSPS) is 21.2. The standard InChI is InChI=1S/C8H8BrNO2S/c9-8-10-5-3-1-2-4(7(11)12)6(5)13-8/h4H,1-3H2,(H,11,12)/t4-/m0/s1. The fourth-order valence-electron chi connectivity index (χ4n) is 1.63. The number of hydrogen-bond acceptors (Lipinski definition) is 3. The van der Waals surface area contributed by atoms with Crippen LogP contribution in [0.1, 0.15) is 29.3 Å². The lowest BCUT2D eigenvalue weighted by atomic mass is 9.92. The van der Waals surface area contributed by atoms with Gasteiger partial charge in [0.05, 0.1) is 11.6 Å². The summed E-state index contributed by atoms with van der Waals surface area (Å²) in [5.74, 6) is -1.05. The van der Waals surface area contributed by atoms with Gasteiger partial charge in [-0.25, -0.2) is 4.98 Å².